The van der Waals surface area contributed by atoms with Crippen molar-refractivity contribution >= 4 is 23.2 Å². The number of amides is 1. The van der Waals surface area contributed by atoms with Crippen LogP contribution in [0.1, 0.15) is 17.7 Å². The number of rotatable bonds is 5. The van der Waals surface area contributed by atoms with E-state index in [9.17, 15) is 9.59 Å². The maximum Gasteiger partial charge on any atom is 0.307 e. The molecule has 0 spiro atoms. The molecular formula is C13H17NO3S. The van der Waals surface area contributed by atoms with E-state index in [1.807, 2.05) is 17.5 Å². The van der Waals surface area contributed by atoms with Crippen molar-refractivity contribution in [3.63, 3.8) is 0 Å². The summed E-state index contributed by atoms with van der Waals surface area (Å²) in [6.07, 6.45) is 2.17. The number of carbonyl (C=O) groups is 2. The fraction of sp³-hybridized carbons (Fsp3) is 0.538. The molecule has 1 aromatic heterocycles. The van der Waals surface area contributed by atoms with Gasteiger partial charge in [-0.05, 0) is 30.7 Å². The average Bonchev–Trinajstić information content (AvgIpc) is 2.76. The molecule has 1 aliphatic rings. The van der Waals surface area contributed by atoms with Crippen molar-refractivity contribution in [3.8, 4) is 0 Å². The van der Waals surface area contributed by atoms with Crippen LogP contribution in [0.5, 0.6) is 0 Å². The Bertz CT molecular complexity index is 429. The predicted octanol–water partition coefficient (Wildman–Crippen LogP) is 1.86. The Kier molecular flexibility index (Phi) is 4.01. The quantitative estimate of drug-likeness (QED) is 0.886. The minimum Gasteiger partial charge on any atom is -0.481 e. The van der Waals surface area contributed by atoms with Gasteiger partial charge < -0.3 is 10.0 Å². The minimum atomic E-state index is -0.841. The van der Waals surface area contributed by atoms with Crippen LogP contribution in [-0.2, 0) is 16.0 Å². The molecule has 2 rings (SSSR count). The number of carboxylic acid groups (broad SMARTS) is 1. The van der Waals surface area contributed by atoms with Crippen molar-refractivity contribution in [2.45, 2.75) is 19.3 Å². The SMILES string of the molecule is CN(CCc1cccs1)C(=O)C1CCC1C(=O)O. The largest absolute Gasteiger partial charge is 0.481 e. The second kappa shape index (κ2) is 5.52. The third-order valence-electron chi connectivity index (χ3n) is 3.56. The molecule has 0 aromatic carbocycles. The molecule has 2 unspecified atom stereocenters. The van der Waals surface area contributed by atoms with Crippen molar-refractivity contribution in [2.24, 2.45) is 11.8 Å². The highest BCUT2D eigenvalue weighted by Gasteiger charge is 2.42. The van der Waals surface area contributed by atoms with Crippen LogP contribution in [-0.4, -0.2) is 35.5 Å². The molecule has 2 atom stereocenters. The topological polar surface area (TPSA) is 57.6 Å². The van der Waals surface area contributed by atoms with Gasteiger partial charge in [0.05, 0.1) is 11.8 Å². The van der Waals surface area contributed by atoms with E-state index in [1.165, 1.54) is 4.88 Å². The molecule has 1 saturated carbocycles. The number of carbonyl (C=O) groups excluding carboxylic acids is 1. The Morgan fingerprint density at radius 3 is 2.67 bits per heavy atom. The fourth-order valence-electron chi connectivity index (χ4n) is 2.22. The molecule has 0 radical (unpaired) electrons. The van der Waals surface area contributed by atoms with E-state index in [0.717, 1.165) is 6.42 Å². The van der Waals surface area contributed by atoms with E-state index in [-0.39, 0.29) is 11.8 Å². The zero-order valence-electron chi connectivity index (χ0n) is 10.3. The maximum atomic E-state index is 12.1. The van der Waals surface area contributed by atoms with Crippen LogP contribution >= 0.6 is 11.3 Å². The number of aliphatic carboxylic acids is 1. The molecule has 0 aliphatic heterocycles. The highest BCUT2D eigenvalue weighted by molar-refractivity contribution is 7.09. The van der Waals surface area contributed by atoms with Gasteiger partial charge in [0.2, 0.25) is 5.91 Å². The molecule has 4 nitrogen and oxygen atoms in total. The number of hydrogen-bond acceptors (Lipinski definition) is 3. The second-order valence-corrected chi connectivity index (χ2v) is 5.75. The van der Waals surface area contributed by atoms with Gasteiger partial charge in [-0.25, -0.2) is 0 Å². The van der Waals surface area contributed by atoms with Gasteiger partial charge >= 0.3 is 5.97 Å². The van der Waals surface area contributed by atoms with Crippen molar-refractivity contribution in [3.05, 3.63) is 22.4 Å². The molecule has 18 heavy (non-hydrogen) atoms. The van der Waals surface area contributed by atoms with E-state index in [4.69, 9.17) is 5.11 Å². The maximum absolute atomic E-state index is 12.1. The molecule has 98 valence electrons. The molecular weight excluding hydrogens is 250 g/mol. The van der Waals surface area contributed by atoms with Crippen LogP contribution in [0.2, 0.25) is 0 Å². The third kappa shape index (κ3) is 2.72. The first-order valence-electron chi connectivity index (χ1n) is 6.09. The standard InChI is InChI=1S/C13H17NO3S/c1-14(7-6-9-3-2-8-18-9)12(15)10-4-5-11(10)13(16)17/h2-3,8,10-11H,4-7H2,1H3,(H,16,17). The first-order chi connectivity index (χ1) is 8.59. The normalized spacial score (nSPS) is 22.3. The Morgan fingerprint density at radius 1 is 1.44 bits per heavy atom. The highest BCUT2D eigenvalue weighted by Crippen LogP contribution is 2.35. The lowest BCUT2D eigenvalue weighted by Crippen LogP contribution is -2.45. The summed E-state index contributed by atoms with van der Waals surface area (Å²) in [6.45, 7) is 0.655. The van der Waals surface area contributed by atoms with Gasteiger partial charge in [-0.3, -0.25) is 9.59 Å². The number of likely N-dealkylation sites (N-methyl/N-ethyl adjacent to an activating group) is 1. The van der Waals surface area contributed by atoms with Crippen molar-refractivity contribution in [1.29, 1.82) is 0 Å². The summed E-state index contributed by atoms with van der Waals surface area (Å²) < 4.78 is 0. The summed E-state index contributed by atoms with van der Waals surface area (Å²) in [4.78, 5) is 25.9. The van der Waals surface area contributed by atoms with Crippen LogP contribution in [0.15, 0.2) is 17.5 Å². The monoisotopic (exact) mass is 267 g/mol. The van der Waals surface area contributed by atoms with Crippen LogP contribution in [0.4, 0.5) is 0 Å². The van der Waals surface area contributed by atoms with Gasteiger partial charge in [0.1, 0.15) is 0 Å². The summed E-state index contributed by atoms with van der Waals surface area (Å²) in [6, 6.07) is 4.04. The lowest BCUT2D eigenvalue weighted by molar-refractivity contribution is -0.156. The zero-order chi connectivity index (χ0) is 13.1. The molecule has 1 N–H and O–H groups in total. The summed E-state index contributed by atoms with van der Waals surface area (Å²) in [7, 11) is 1.76. The zero-order valence-corrected chi connectivity index (χ0v) is 11.2. The Balaban J connectivity index is 1.83. The average molecular weight is 267 g/mol. The van der Waals surface area contributed by atoms with Gasteiger partial charge in [0.25, 0.3) is 0 Å². The molecule has 1 aromatic rings. The summed E-state index contributed by atoms with van der Waals surface area (Å²) in [5.41, 5.74) is 0. The summed E-state index contributed by atoms with van der Waals surface area (Å²) in [5.74, 6) is -1.64. The number of hydrogen-bond donors (Lipinski definition) is 1. The van der Waals surface area contributed by atoms with Crippen molar-refractivity contribution < 1.29 is 14.7 Å². The van der Waals surface area contributed by atoms with E-state index in [2.05, 4.69) is 0 Å². The highest BCUT2D eigenvalue weighted by atomic mass is 32.1. The van der Waals surface area contributed by atoms with Gasteiger partial charge in [0.15, 0.2) is 0 Å². The van der Waals surface area contributed by atoms with E-state index in [1.54, 1.807) is 23.3 Å². The van der Waals surface area contributed by atoms with Crippen LogP contribution < -0.4 is 0 Å². The number of carboxylic acids is 1. The predicted molar refractivity (Wildman–Crippen MR) is 69.5 cm³/mol. The first-order valence-corrected chi connectivity index (χ1v) is 6.97. The molecule has 5 heteroatoms. The summed E-state index contributed by atoms with van der Waals surface area (Å²) >= 11 is 1.68. The molecule has 0 saturated heterocycles. The smallest absolute Gasteiger partial charge is 0.307 e. The second-order valence-electron chi connectivity index (χ2n) is 4.72. The first kappa shape index (κ1) is 13.1. The Morgan fingerprint density at radius 2 is 2.17 bits per heavy atom. The third-order valence-corrected chi connectivity index (χ3v) is 4.49. The molecule has 1 amide bonds. The lowest BCUT2D eigenvalue weighted by Gasteiger charge is -2.34. The van der Waals surface area contributed by atoms with Gasteiger partial charge in [-0.15, -0.1) is 11.3 Å². The van der Waals surface area contributed by atoms with Gasteiger partial charge in [-0.2, -0.15) is 0 Å². The molecule has 0 bridgehead atoms. The van der Waals surface area contributed by atoms with Gasteiger partial charge in [0, 0.05) is 18.5 Å². The van der Waals surface area contributed by atoms with Gasteiger partial charge in [-0.1, -0.05) is 6.07 Å². The van der Waals surface area contributed by atoms with Crippen LogP contribution in [0, 0.1) is 11.8 Å². The van der Waals surface area contributed by atoms with Crippen molar-refractivity contribution in [1.82, 2.24) is 4.90 Å². The van der Waals surface area contributed by atoms with E-state index < -0.39 is 11.9 Å². The van der Waals surface area contributed by atoms with E-state index in [0.29, 0.717) is 19.4 Å². The number of thiophene rings is 1. The van der Waals surface area contributed by atoms with Crippen LogP contribution in [0.25, 0.3) is 0 Å². The molecule has 1 fully saturated rings. The minimum absolute atomic E-state index is 0.0230. The molecule has 1 heterocycles. The molecule has 1 aliphatic carbocycles. The van der Waals surface area contributed by atoms with E-state index >= 15 is 0 Å². The Hall–Kier alpha value is -1.36. The Labute approximate surface area is 110 Å². The fourth-order valence-corrected chi connectivity index (χ4v) is 2.92. The number of nitrogens with zero attached hydrogens (tertiary/aromatic N) is 1. The van der Waals surface area contributed by atoms with Crippen molar-refractivity contribution in [2.75, 3.05) is 13.6 Å². The summed E-state index contributed by atoms with van der Waals surface area (Å²) in [5, 5.41) is 11.0. The lowest BCUT2D eigenvalue weighted by atomic mass is 9.73. The van der Waals surface area contributed by atoms with Crippen LogP contribution in [0.3, 0.4) is 0 Å².